The van der Waals surface area contributed by atoms with Gasteiger partial charge < -0.3 is 0 Å². The molecule has 1 aromatic carbocycles. The molecule has 0 nitrogen and oxygen atoms in total. The average molecular weight is 437 g/mol. The van der Waals surface area contributed by atoms with E-state index in [9.17, 15) is 17.6 Å². The second-order valence-electron chi connectivity index (χ2n) is 9.56. The molecule has 0 spiro atoms. The Morgan fingerprint density at radius 2 is 1.68 bits per heavy atom. The summed E-state index contributed by atoms with van der Waals surface area (Å²) in [7, 11) is 0. The largest absolute Gasteiger partial charge is 0.257 e. The third kappa shape index (κ3) is 6.02. The molecule has 0 heterocycles. The van der Waals surface area contributed by atoms with E-state index in [1.54, 1.807) is 0 Å². The minimum Gasteiger partial charge on any atom is -0.209 e. The summed E-state index contributed by atoms with van der Waals surface area (Å²) in [6.07, 6.45) is 8.23. The van der Waals surface area contributed by atoms with Crippen LogP contribution in [0.4, 0.5) is 17.6 Å². The molecule has 0 amide bonds. The van der Waals surface area contributed by atoms with Crippen LogP contribution in [0.3, 0.4) is 0 Å². The molecule has 31 heavy (non-hydrogen) atoms. The Balaban J connectivity index is 1.59. The first kappa shape index (κ1) is 24.1. The first-order valence-electron chi connectivity index (χ1n) is 12.0. The van der Waals surface area contributed by atoms with Gasteiger partial charge in [0, 0.05) is 12.3 Å². The summed E-state index contributed by atoms with van der Waals surface area (Å²) in [5.41, 5.74) is 2.49. The molecular weight excluding hydrogens is 400 g/mol. The van der Waals surface area contributed by atoms with Crippen molar-refractivity contribution in [1.82, 2.24) is 0 Å². The Kier molecular flexibility index (Phi) is 8.41. The van der Waals surface area contributed by atoms with E-state index < -0.39 is 29.4 Å². The normalized spacial score (nSPS) is 29.3. The third-order valence-corrected chi connectivity index (χ3v) is 7.34. The van der Waals surface area contributed by atoms with Gasteiger partial charge in [-0.2, -0.15) is 0 Å². The Hall–Kier alpha value is -1.58. The van der Waals surface area contributed by atoms with E-state index in [0.29, 0.717) is 25.2 Å². The van der Waals surface area contributed by atoms with Gasteiger partial charge >= 0.3 is 0 Å². The molecule has 0 saturated heterocycles. The second kappa shape index (κ2) is 10.8. The number of aryl methyl sites for hydroxylation is 1. The van der Waals surface area contributed by atoms with Gasteiger partial charge in [-0.1, -0.05) is 50.1 Å². The van der Waals surface area contributed by atoms with E-state index >= 15 is 0 Å². The number of hydrogen-bond donors (Lipinski definition) is 0. The van der Waals surface area contributed by atoms with E-state index in [-0.39, 0.29) is 18.8 Å². The first-order valence-corrected chi connectivity index (χ1v) is 12.0. The lowest BCUT2D eigenvalue weighted by Gasteiger charge is -2.36. The minimum atomic E-state index is -3.15. The highest BCUT2D eigenvalue weighted by molar-refractivity contribution is 5.26. The Labute approximate surface area is 184 Å². The third-order valence-electron chi connectivity index (χ3n) is 7.34. The summed E-state index contributed by atoms with van der Waals surface area (Å²) in [5, 5.41) is 0. The highest BCUT2D eigenvalue weighted by Gasteiger charge is 2.48. The van der Waals surface area contributed by atoms with Crippen molar-refractivity contribution in [2.75, 3.05) is 0 Å². The SMILES string of the molecule is C=CCCc1ccc(C2CCC(/C(F)=C(\F)C3CCC(CCC)CC3(F)F)CC2)cc1. The number of allylic oxidation sites excluding steroid dienone is 3. The van der Waals surface area contributed by atoms with Crippen LogP contribution in [0.15, 0.2) is 48.6 Å². The molecule has 2 atom stereocenters. The molecule has 0 radical (unpaired) electrons. The van der Waals surface area contributed by atoms with Gasteiger partial charge in [0.2, 0.25) is 0 Å². The van der Waals surface area contributed by atoms with E-state index in [1.165, 1.54) is 11.1 Å². The zero-order chi connectivity index (χ0) is 22.4. The second-order valence-corrected chi connectivity index (χ2v) is 9.56. The van der Waals surface area contributed by atoms with Crippen molar-refractivity contribution < 1.29 is 17.6 Å². The highest BCUT2D eigenvalue weighted by atomic mass is 19.3. The quantitative estimate of drug-likeness (QED) is 0.282. The number of alkyl halides is 2. The van der Waals surface area contributed by atoms with Crippen LogP contribution in [0.5, 0.6) is 0 Å². The van der Waals surface area contributed by atoms with Crippen molar-refractivity contribution in [3.05, 3.63) is 59.7 Å². The Morgan fingerprint density at radius 1 is 1.00 bits per heavy atom. The summed E-state index contributed by atoms with van der Waals surface area (Å²) in [6.45, 7) is 5.72. The van der Waals surface area contributed by atoms with Crippen molar-refractivity contribution in [2.24, 2.45) is 17.8 Å². The minimum absolute atomic E-state index is 0.0461. The lowest BCUT2D eigenvalue weighted by atomic mass is 9.74. The van der Waals surface area contributed by atoms with Crippen molar-refractivity contribution >= 4 is 0 Å². The predicted octanol–water partition coefficient (Wildman–Crippen LogP) is 9.08. The molecule has 0 aromatic heterocycles. The zero-order valence-corrected chi connectivity index (χ0v) is 18.7. The summed E-state index contributed by atoms with van der Waals surface area (Å²) in [5.74, 6) is -7.12. The van der Waals surface area contributed by atoms with Crippen molar-refractivity contribution in [2.45, 2.75) is 89.4 Å². The molecular formula is C27H36F4. The maximum Gasteiger partial charge on any atom is 0.257 e. The molecule has 0 aliphatic heterocycles. The van der Waals surface area contributed by atoms with Gasteiger partial charge in [0.15, 0.2) is 0 Å². The van der Waals surface area contributed by atoms with Gasteiger partial charge in [0.25, 0.3) is 5.92 Å². The maximum absolute atomic E-state index is 14.9. The standard InChI is InChI=1S/C27H36F4/c1-3-5-7-19-8-11-21(12-9-19)22-13-15-23(16-14-22)25(28)26(29)24-17-10-20(6-4-2)18-27(24,30)31/h3,8-9,11-12,20,22-24H,1,4-7,10,13-18H2,2H3/b26-25+. The molecule has 1 aromatic rings. The van der Waals surface area contributed by atoms with Crippen molar-refractivity contribution in [3.63, 3.8) is 0 Å². The van der Waals surface area contributed by atoms with Gasteiger partial charge in [-0.25, -0.2) is 17.6 Å². The van der Waals surface area contributed by atoms with Crippen LogP contribution in [0.1, 0.15) is 88.2 Å². The molecule has 2 unspecified atom stereocenters. The summed E-state index contributed by atoms with van der Waals surface area (Å²) in [4.78, 5) is 0. The molecule has 172 valence electrons. The van der Waals surface area contributed by atoms with Crippen LogP contribution in [0.2, 0.25) is 0 Å². The zero-order valence-electron chi connectivity index (χ0n) is 18.7. The first-order chi connectivity index (χ1) is 14.9. The highest BCUT2D eigenvalue weighted by Crippen LogP contribution is 2.49. The lowest BCUT2D eigenvalue weighted by molar-refractivity contribution is -0.0969. The van der Waals surface area contributed by atoms with Crippen molar-refractivity contribution in [3.8, 4) is 0 Å². The van der Waals surface area contributed by atoms with Gasteiger partial charge in [-0.05, 0) is 74.3 Å². The van der Waals surface area contributed by atoms with E-state index in [0.717, 1.165) is 38.5 Å². The van der Waals surface area contributed by atoms with Gasteiger partial charge in [0.1, 0.15) is 11.7 Å². The summed E-state index contributed by atoms with van der Waals surface area (Å²) >= 11 is 0. The molecule has 0 N–H and O–H groups in total. The van der Waals surface area contributed by atoms with Crippen molar-refractivity contribution in [1.29, 1.82) is 0 Å². The maximum atomic E-state index is 14.9. The van der Waals surface area contributed by atoms with Crippen LogP contribution in [0, 0.1) is 17.8 Å². The average Bonchev–Trinajstić information content (AvgIpc) is 2.77. The Bertz CT molecular complexity index is 741. The fourth-order valence-electron chi connectivity index (χ4n) is 5.48. The molecule has 0 bridgehead atoms. The predicted molar refractivity (Wildman–Crippen MR) is 120 cm³/mol. The van der Waals surface area contributed by atoms with Crippen LogP contribution in [-0.2, 0) is 6.42 Å². The number of rotatable bonds is 8. The number of benzene rings is 1. The van der Waals surface area contributed by atoms with E-state index in [2.05, 4.69) is 30.8 Å². The van der Waals surface area contributed by atoms with Gasteiger partial charge in [-0.15, -0.1) is 6.58 Å². The monoisotopic (exact) mass is 436 g/mol. The lowest BCUT2D eigenvalue weighted by Crippen LogP contribution is -2.36. The topological polar surface area (TPSA) is 0 Å². The smallest absolute Gasteiger partial charge is 0.209 e. The van der Waals surface area contributed by atoms with Crippen LogP contribution in [0.25, 0.3) is 0 Å². The van der Waals surface area contributed by atoms with Gasteiger partial charge in [-0.3, -0.25) is 0 Å². The van der Waals surface area contributed by atoms with Crippen LogP contribution in [-0.4, -0.2) is 5.92 Å². The number of halogens is 4. The van der Waals surface area contributed by atoms with Gasteiger partial charge in [0.05, 0.1) is 5.92 Å². The molecule has 2 aliphatic carbocycles. The molecule has 3 rings (SSSR count). The summed E-state index contributed by atoms with van der Waals surface area (Å²) < 4.78 is 58.9. The molecule has 2 saturated carbocycles. The molecule has 2 fully saturated rings. The molecule has 4 heteroatoms. The number of hydrogen-bond acceptors (Lipinski definition) is 0. The fraction of sp³-hybridized carbons (Fsp3) is 0.630. The van der Waals surface area contributed by atoms with E-state index in [4.69, 9.17) is 0 Å². The summed E-state index contributed by atoms with van der Waals surface area (Å²) in [6, 6.07) is 8.51. The molecule has 2 aliphatic rings. The fourth-order valence-corrected chi connectivity index (χ4v) is 5.48. The van der Waals surface area contributed by atoms with Crippen LogP contribution < -0.4 is 0 Å². The van der Waals surface area contributed by atoms with E-state index in [1.807, 2.05) is 13.0 Å². The Morgan fingerprint density at radius 3 is 2.26 bits per heavy atom. The van der Waals surface area contributed by atoms with Crippen LogP contribution >= 0.6 is 0 Å².